The van der Waals surface area contributed by atoms with Crippen molar-refractivity contribution in [1.82, 2.24) is 0 Å². The maximum atomic E-state index is 9.26. The highest BCUT2D eigenvalue weighted by Gasteiger charge is 2.20. The van der Waals surface area contributed by atoms with Gasteiger partial charge >= 0.3 is 0 Å². The molecular formula is C13H20O. The fraction of sp³-hybridized carbons (Fsp3) is 0.538. The van der Waals surface area contributed by atoms with Gasteiger partial charge in [0.1, 0.15) is 0 Å². The third kappa shape index (κ3) is 3.15. The van der Waals surface area contributed by atoms with E-state index in [1.807, 2.05) is 13.0 Å². The minimum Gasteiger partial charge on any atom is -0.393 e. The first-order valence-corrected chi connectivity index (χ1v) is 5.26. The van der Waals surface area contributed by atoms with Crippen LogP contribution in [0.3, 0.4) is 0 Å². The van der Waals surface area contributed by atoms with Crippen molar-refractivity contribution in [3.8, 4) is 0 Å². The lowest BCUT2D eigenvalue weighted by molar-refractivity contribution is 0.171. The van der Waals surface area contributed by atoms with Crippen molar-refractivity contribution in [2.45, 2.75) is 45.1 Å². The zero-order chi connectivity index (χ0) is 10.6. The summed E-state index contributed by atoms with van der Waals surface area (Å²) in [6.07, 6.45) is 1.69. The largest absolute Gasteiger partial charge is 0.393 e. The Balaban J connectivity index is 2.66. The van der Waals surface area contributed by atoms with Crippen LogP contribution in [0, 0.1) is 0 Å². The Morgan fingerprint density at radius 2 is 1.79 bits per heavy atom. The summed E-state index contributed by atoms with van der Waals surface area (Å²) in [5.74, 6) is 0. The van der Waals surface area contributed by atoms with E-state index < -0.39 is 0 Å². The van der Waals surface area contributed by atoms with Crippen LogP contribution in [0.15, 0.2) is 30.3 Å². The minimum atomic E-state index is -0.196. The van der Waals surface area contributed by atoms with Crippen molar-refractivity contribution in [2.24, 2.45) is 0 Å². The van der Waals surface area contributed by atoms with Crippen molar-refractivity contribution >= 4 is 0 Å². The lowest BCUT2D eigenvalue weighted by Gasteiger charge is -2.25. The molecule has 0 aliphatic rings. The molecule has 0 bridgehead atoms. The molecule has 0 radical (unpaired) electrons. The van der Waals surface area contributed by atoms with Gasteiger partial charge in [0, 0.05) is 0 Å². The lowest BCUT2D eigenvalue weighted by atomic mass is 9.80. The van der Waals surface area contributed by atoms with Crippen LogP contribution in [0.2, 0.25) is 0 Å². The molecule has 0 saturated carbocycles. The lowest BCUT2D eigenvalue weighted by Crippen LogP contribution is -2.19. The van der Waals surface area contributed by atoms with Crippen LogP contribution in [0.5, 0.6) is 0 Å². The summed E-state index contributed by atoms with van der Waals surface area (Å²) in [5.41, 5.74) is 1.51. The zero-order valence-corrected chi connectivity index (χ0v) is 9.33. The predicted octanol–water partition coefficient (Wildman–Crippen LogP) is 3.13. The molecule has 0 heterocycles. The van der Waals surface area contributed by atoms with Gasteiger partial charge < -0.3 is 5.11 Å². The molecule has 1 aromatic carbocycles. The standard InChI is InChI=1S/C13H20O/c1-11(14)9-10-13(2,3)12-7-5-4-6-8-12/h4-8,11,14H,9-10H2,1-3H3/t11-/m0/s1. The van der Waals surface area contributed by atoms with Crippen molar-refractivity contribution in [1.29, 1.82) is 0 Å². The van der Waals surface area contributed by atoms with Gasteiger partial charge in [-0.25, -0.2) is 0 Å². The topological polar surface area (TPSA) is 20.2 Å². The average molecular weight is 192 g/mol. The van der Waals surface area contributed by atoms with E-state index in [1.54, 1.807) is 0 Å². The molecule has 14 heavy (non-hydrogen) atoms. The van der Waals surface area contributed by atoms with E-state index in [2.05, 4.69) is 38.1 Å². The van der Waals surface area contributed by atoms with Gasteiger partial charge in [-0.3, -0.25) is 0 Å². The first-order chi connectivity index (χ1) is 6.52. The van der Waals surface area contributed by atoms with E-state index in [0.717, 1.165) is 12.8 Å². The highest BCUT2D eigenvalue weighted by atomic mass is 16.3. The number of hydrogen-bond acceptors (Lipinski definition) is 1. The van der Waals surface area contributed by atoms with Crippen LogP contribution in [0.25, 0.3) is 0 Å². The van der Waals surface area contributed by atoms with Gasteiger partial charge in [0.25, 0.3) is 0 Å². The summed E-state index contributed by atoms with van der Waals surface area (Å²) in [6.45, 7) is 6.30. The summed E-state index contributed by atoms with van der Waals surface area (Å²) in [6, 6.07) is 10.5. The van der Waals surface area contributed by atoms with Gasteiger partial charge in [-0.05, 0) is 30.7 Å². The molecule has 0 fully saturated rings. The molecule has 0 unspecified atom stereocenters. The van der Waals surface area contributed by atoms with Gasteiger partial charge in [-0.1, -0.05) is 44.2 Å². The average Bonchev–Trinajstić information content (AvgIpc) is 2.16. The smallest absolute Gasteiger partial charge is 0.0512 e. The molecule has 0 amide bonds. The second-order valence-corrected chi connectivity index (χ2v) is 4.64. The van der Waals surface area contributed by atoms with Crippen molar-refractivity contribution in [3.63, 3.8) is 0 Å². The molecule has 1 atom stereocenters. The Kier molecular flexibility index (Phi) is 3.70. The first kappa shape index (κ1) is 11.3. The molecule has 78 valence electrons. The summed E-state index contributed by atoms with van der Waals surface area (Å²) >= 11 is 0. The van der Waals surface area contributed by atoms with E-state index in [1.165, 1.54) is 5.56 Å². The minimum absolute atomic E-state index is 0.165. The van der Waals surface area contributed by atoms with E-state index in [4.69, 9.17) is 0 Å². The van der Waals surface area contributed by atoms with Crippen LogP contribution < -0.4 is 0 Å². The van der Waals surface area contributed by atoms with Crippen molar-refractivity contribution in [2.75, 3.05) is 0 Å². The summed E-state index contributed by atoms with van der Waals surface area (Å²) in [4.78, 5) is 0. The van der Waals surface area contributed by atoms with Crippen LogP contribution in [-0.4, -0.2) is 11.2 Å². The van der Waals surface area contributed by atoms with Gasteiger partial charge in [0.15, 0.2) is 0 Å². The first-order valence-electron chi connectivity index (χ1n) is 5.26. The normalized spacial score (nSPS) is 14.0. The molecule has 1 heteroatoms. The van der Waals surface area contributed by atoms with Gasteiger partial charge in [0.2, 0.25) is 0 Å². The number of aliphatic hydroxyl groups is 1. The zero-order valence-electron chi connectivity index (χ0n) is 9.33. The summed E-state index contributed by atoms with van der Waals surface area (Å²) in [7, 11) is 0. The highest BCUT2D eigenvalue weighted by molar-refractivity contribution is 5.23. The Labute approximate surface area is 86.8 Å². The van der Waals surface area contributed by atoms with Gasteiger partial charge in [0.05, 0.1) is 6.10 Å². The van der Waals surface area contributed by atoms with Gasteiger partial charge in [-0.15, -0.1) is 0 Å². The van der Waals surface area contributed by atoms with Crippen LogP contribution in [-0.2, 0) is 5.41 Å². The molecule has 0 spiro atoms. The molecule has 0 aliphatic carbocycles. The quantitative estimate of drug-likeness (QED) is 0.777. The number of benzene rings is 1. The number of hydrogen-bond donors (Lipinski definition) is 1. The molecule has 0 aliphatic heterocycles. The Morgan fingerprint density at radius 1 is 1.21 bits per heavy atom. The Bertz CT molecular complexity index is 262. The molecule has 1 rings (SSSR count). The third-order valence-electron chi connectivity index (χ3n) is 2.74. The van der Waals surface area contributed by atoms with E-state index >= 15 is 0 Å². The maximum Gasteiger partial charge on any atom is 0.0512 e. The molecular weight excluding hydrogens is 172 g/mol. The third-order valence-corrected chi connectivity index (χ3v) is 2.74. The number of rotatable bonds is 4. The fourth-order valence-electron chi connectivity index (χ4n) is 1.60. The van der Waals surface area contributed by atoms with Crippen molar-refractivity contribution in [3.05, 3.63) is 35.9 Å². The van der Waals surface area contributed by atoms with E-state index in [-0.39, 0.29) is 11.5 Å². The maximum absolute atomic E-state index is 9.26. The van der Waals surface area contributed by atoms with Crippen LogP contribution in [0.1, 0.15) is 39.2 Å². The van der Waals surface area contributed by atoms with Crippen molar-refractivity contribution < 1.29 is 5.11 Å². The molecule has 1 N–H and O–H groups in total. The second kappa shape index (κ2) is 4.61. The van der Waals surface area contributed by atoms with Crippen LogP contribution in [0.4, 0.5) is 0 Å². The molecule has 1 nitrogen and oxygen atoms in total. The molecule has 0 aromatic heterocycles. The Hall–Kier alpha value is -0.820. The fourth-order valence-corrected chi connectivity index (χ4v) is 1.60. The molecule has 1 aromatic rings. The second-order valence-electron chi connectivity index (χ2n) is 4.64. The monoisotopic (exact) mass is 192 g/mol. The molecule has 0 saturated heterocycles. The Morgan fingerprint density at radius 3 is 2.29 bits per heavy atom. The van der Waals surface area contributed by atoms with E-state index in [0.29, 0.717) is 0 Å². The summed E-state index contributed by atoms with van der Waals surface area (Å²) in [5, 5.41) is 9.26. The SMILES string of the molecule is C[C@H](O)CCC(C)(C)c1ccccc1. The van der Waals surface area contributed by atoms with Gasteiger partial charge in [-0.2, -0.15) is 0 Å². The predicted molar refractivity (Wildman–Crippen MR) is 60.4 cm³/mol. The van der Waals surface area contributed by atoms with Crippen LogP contribution >= 0.6 is 0 Å². The summed E-state index contributed by atoms with van der Waals surface area (Å²) < 4.78 is 0. The number of aliphatic hydroxyl groups excluding tert-OH is 1. The van der Waals surface area contributed by atoms with E-state index in [9.17, 15) is 5.11 Å². The highest BCUT2D eigenvalue weighted by Crippen LogP contribution is 2.28.